The van der Waals surface area contributed by atoms with E-state index in [0.717, 1.165) is 16.9 Å². The fraction of sp³-hybridized carbons (Fsp3) is 0.278. The Bertz CT molecular complexity index is 1110. The maximum absolute atomic E-state index is 13.1. The van der Waals surface area contributed by atoms with Gasteiger partial charge in [-0.05, 0) is 24.3 Å². The smallest absolute Gasteiger partial charge is 0.243 e. The Morgan fingerprint density at radius 3 is 2.73 bits per heavy atom. The third-order valence-electron chi connectivity index (χ3n) is 4.87. The van der Waals surface area contributed by atoms with Gasteiger partial charge in [0.25, 0.3) is 0 Å². The van der Waals surface area contributed by atoms with Crippen molar-refractivity contribution in [1.82, 2.24) is 13.9 Å². The van der Waals surface area contributed by atoms with Crippen LogP contribution < -0.4 is 9.47 Å². The lowest BCUT2D eigenvalue weighted by molar-refractivity contribution is 0.174. The summed E-state index contributed by atoms with van der Waals surface area (Å²) in [4.78, 5) is 4.88. The summed E-state index contributed by atoms with van der Waals surface area (Å²) in [5.74, 6) is 1.97. The van der Waals surface area contributed by atoms with Crippen LogP contribution in [-0.2, 0) is 23.0 Å². The number of hydrogen-bond donors (Lipinski definition) is 0. The number of sulfonamides is 1. The predicted octanol–water partition coefficient (Wildman–Crippen LogP) is 2.01. The van der Waals surface area contributed by atoms with Gasteiger partial charge in [-0.15, -0.1) is 0 Å². The van der Waals surface area contributed by atoms with Gasteiger partial charge in [-0.25, -0.2) is 13.4 Å². The SMILES string of the molecule is O=S(=O)(c1ccc2c(c1)OCO2)N1CCc2nc3ccccc3n2CC1. The Kier molecular flexibility index (Phi) is 3.44. The van der Waals surface area contributed by atoms with E-state index in [4.69, 9.17) is 9.47 Å². The van der Waals surface area contributed by atoms with E-state index in [1.165, 1.54) is 10.4 Å². The minimum atomic E-state index is -3.60. The van der Waals surface area contributed by atoms with E-state index in [0.29, 0.717) is 37.6 Å². The van der Waals surface area contributed by atoms with Crippen LogP contribution in [0, 0.1) is 0 Å². The van der Waals surface area contributed by atoms with Crippen LogP contribution in [0.5, 0.6) is 11.5 Å². The molecule has 0 amide bonds. The Balaban J connectivity index is 1.46. The van der Waals surface area contributed by atoms with Crippen molar-refractivity contribution < 1.29 is 17.9 Å². The van der Waals surface area contributed by atoms with Crippen LogP contribution in [0.4, 0.5) is 0 Å². The van der Waals surface area contributed by atoms with Crippen LogP contribution >= 0.6 is 0 Å². The van der Waals surface area contributed by atoms with Gasteiger partial charge in [-0.3, -0.25) is 0 Å². The maximum Gasteiger partial charge on any atom is 0.243 e. The van der Waals surface area contributed by atoms with Crippen LogP contribution in [-0.4, -0.2) is 42.2 Å². The quantitative estimate of drug-likeness (QED) is 0.689. The predicted molar refractivity (Wildman–Crippen MR) is 94.8 cm³/mol. The molecule has 1 aromatic heterocycles. The maximum atomic E-state index is 13.1. The van der Waals surface area contributed by atoms with Gasteiger partial charge in [0.2, 0.25) is 16.8 Å². The molecular formula is C18H17N3O4S. The number of para-hydroxylation sites is 2. The standard InChI is InChI=1S/C18H17N3O4S/c22-26(23,13-5-6-16-17(11-13)25-12-24-16)20-8-7-18-19-14-3-1-2-4-15(14)21(18)10-9-20/h1-6,11H,7-10,12H2. The summed E-state index contributed by atoms with van der Waals surface area (Å²) in [6, 6.07) is 12.7. The van der Waals surface area contributed by atoms with Crippen molar-refractivity contribution in [2.75, 3.05) is 19.9 Å². The second-order valence-corrected chi connectivity index (χ2v) is 8.28. The van der Waals surface area contributed by atoms with Crippen molar-refractivity contribution in [3.8, 4) is 11.5 Å². The molecule has 0 fully saturated rings. The minimum absolute atomic E-state index is 0.122. The number of hydrogen-bond acceptors (Lipinski definition) is 5. The van der Waals surface area contributed by atoms with Crippen molar-refractivity contribution in [2.24, 2.45) is 0 Å². The van der Waals surface area contributed by atoms with Crippen molar-refractivity contribution >= 4 is 21.1 Å². The first kappa shape index (κ1) is 15.7. The highest BCUT2D eigenvalue weighted by Gasteiger charge is 2.29. The molecule has 2 aliphatic heterocycles. The lowest BCUT2D eigenvalue weighted by Crippen LogP contribution is -2.33. The summed E-state index contributed by atoms with van der Waals surface area (Å²) in [5, 5.41) is 0. The molecule has 26 heavy (non-hydrogen) atoms. The first-order chi connectivity index (χ1) is 12.6. The second-order valence-electron chi connectivity index (χ2n) is 6.34. The third-order valence-corrected chi connectivity index (χ3v) is 6.77. The van der Waals surface area contributed by atoms with Gasteiger partial charge < -0.3 is 14.0 Å². The average molecular weight is 371 g/mol. The van der Waals surface area contributed by atoms with Crippen molar-refractivity contribution in [3.05, 3.63) is 48.3 Å². The van der Waals surface area contributed by atoms with Crippen molar-refractivity contribution in [2.45, 2.75) is 17.9 Å². The van der Waals surface area contributed by atoms with Crippen LogP contribution in [0.1, 0.15) is 5.82 Å². The van der Waals surface area contributed by atoms with Crippen molar-refractivity contribution in [1.29, 1.82) is 0 Å². The molecule has 0 saturated heterocycles. The summed E-state index contributed by atoms with van der Waals surface area (Å²) in [5.41, 5.74) is 2.00. The highest BCUT2D eigenvalue weighted by molar-refractivity contribution is 7.89. The molecule has 0 N–H and O–H groups in total. The number of aromatic nitrogens is 2. The molecule has 0 atom stereocenters. The van der Waals surface area contributed by atoms with Crippen molar-refractivity contribution in [3.63, 3.8) is 0 Å². The average Bonchev–Trinajstić information content (AvgIpc) is 3.19. The zero-order valence-corrected chi connectivity index (χ0v) is 14.8. The van der Waals surface area contributed by atoms with Gasteiger partial charge in [0, 0.05) is 32.1 Å². The molecule has 7 nitrogen and oxygen atoms in total. The molecule has 0 aliphatic carbocycles. The molecule has 134 valence electrons. The number of rotatable bonds is 2. The minimum Gasteiger partial charge on any atom is -0.454 e. The lowest BCUT2D eigenvalue weighted by Gasteiger charge is -2.20. The molecule has 3 aromatic rings. The molecule has 8 heteroatoms. The van der Waals surface area contributed by atoms with E-state index in [1.807, 2.05) is 24.3 Å². The Hall–Kier alpha value is -2.58. The largest absolute Gasteiger partial charge is 0.454 e. The molecule has 0 saturated carbocycles. The molecule has 0 spiro atoms. The summed E-state index contributed by atoms with van der Waals surface area (Å²) in [7, 11) is -3.60. The zero-order valence-electron chi connectivity index (χ0n) is 14.0. The zero-order chi connectivity index (χ0) is 17.7. The Morgan fingerprint density at radius 1 is 0.962 bits per heavy atom. The highest BCUT2D eigenvalue weighted by atomic mass is 32.2. The van der Waals surface area contributed by atoms with Gasteiger partial charge in [0.05, 0.1) is 15.9 Å². The van der Waals surface area contributed by atoms with E-state index >= 15 is 0 Å². The topological polar surface area (TPSA) is 73.7 Å². The van der Waals surface area contributed by atoms with E-state index in [1.54, 1.807) is 12.1 Å². The van der Waals surface area contributed by atoms with Gasteiger partial charge in [0.1, 0.15) is 5.82 Å². The summed E-state index contributed by atoms with van der Waals surface area (Å²) in [6.45, 7) is 1.51. The lowest BCUT2D eigenvalue weighted by atomic mass is 10.3. The number of ether oxygens (including phenoxy) is 2. The van der Waals surface area contributed by atoms with Gasteiger partial charge in [-0.2, -0.15) is 4.31 Å². The molecule has 0 unspecified atom stereocenters. The highest BCUT2D eigenvalue weighted by Crippen LogP contribution is 2.35. The number of imidazole rings is 1. The van der Waals surface area contributed by atoms with Crippen LogP contribution in [0.15, 0.2) is 47.4 Å². The van der Waals surface area contributed by atoms with E-state index in [-0.39, 0.29) is 11.7 Å². The third kappa shape index (κ3) is 2.37. The first-order valence-corrected chi connectivity index (χ1v) is 9.91. The van der Waals surface area contributed by atoms with Crippen LogP contribution in [0.25, 0.3) is 11.0 Å². The van der Waals surface area contributed by atoms with Gasteiger partial charge >= 0.3 is 0 Å². The Labute approximate surface area is 150 Å². The van der Waals surface area contributed by atoms with Gasteiger partial charge in [-0.1, -0.05) is 12.1 Å². The molecular weight excluding hydrogens is 354 g/mol. The molecule has 0 radical (unpaired) electrons. The number of fused-ring (bicyclic) bond motifs is 4. The number of benzene rings is 2. The van der Waals surface area contributed by atoms with Crippen LogP contribution in [0.3, 0.4) is 0 Å². The van der Waals surface area contributed by atoms with E-state index < -0.39 is 10.0 Å². The second kappa shape index (κ2) is 5.72. The monoisotopic (exact) mass is 371 g/mol. The molecule has 3 heterocycles. The normalized spacial score (nSPS) is 17.2. The molecule has 5 rings (SSSR count). The molecule has 2 aliphatic rings. The fourth-order valence-electron chi connectivity index (χ4n) is 3.54. The fourth-order valence-corrected chi connectivity index (χ4v) is 4.99. The van der Waals surface area contributed by atoms with E-state index in [2.05, 4.69) is 9.55 Å². The summed E-state index contributed by atoms with van der Waals surface area (Å²) in [6.07, 6.45) is 0.582. The number of nitrogens with zero attached hydrogens (tertiary/aromatic N) is 3. The van der Waals surface area contributed by atoms with E-state index in [9.17, 15) is 8.42 Å². The summed E-state index contributed by atoms with van der Waals surface area (Å²) < 4.78 is 40.4. The van der Waals surface area contributed by atoms with Crippen LogP contribution in [0.2, 0.25) is 0 Å². The molecule has 2 aromatic carbocycles. The molecule has 0 bridgehead atoms. The van der Waals surface area contributed by atoms with Gasteiger partial charge in [0.15, 0.2) is 11.5 Å². The first-order valence-electron chi connectivity index (χ1n) is 8.47. The Morgan fingerprint density at radius 2 is 1.81 bits per heavy atom. The summed E-state index contributed by atoms with van der Waals surface area (Å²) >= 11 is 0.